The van der Waals surface area contributed by atoms with Gasteiger partial charge in [-0.3, -0.25) is 0 Å². The molecule has 0 spiro atoms. The fourth-order valence-corrected chi connectivity index (χ4v) is 2.04. The highest BCUT2D eigenvalue weighted by atomic mass is 16.5. The second-order valence-corrected chi connectivity index (χ2v) is 4.35. The van der Waals surface area contributed by atoms with Gasteiger partial charge in [-0.15, -0.1) is 0 Å². The Morgan fingerprint density at radius 1 is 1.50 bits per heavy atom. The number of nitrogens with two attached hydrogens (primary N) is 1. The normalized spacial score (nSPS) is 21.5. The summed E-state index contributed by atoms with van der Waals surface area (Å²) in [6.07, 6.45) is 1.21. The molecule has 2 atom stereocenters. The predicted octanol–water partition coefficient (Wildman–Crippen LogP) is 1.24. The van der Waals surface area contributed by atoms with Gasteiger partial charge in [0, 0.05) is 19.1 Å². The highest BCUT2D eigenvalue weighted by Gasteiger charge is 2.20. The van der Waals surface area contributed by atoms with Crippen LogP contribution in [0.1, 0.15) is 24.2 Å². The molecule has 0 amide bonds. The van der Waals surface area contributed by atoms with Crippen LogP contribution in [0, 0.1) is 0 Å². The van der Waals surface area contributed by atoms with Crippen molar-refractivity contribution in [3.63, 3.8) is 0 Å². The van der Waals surface area contributed by atoms with Crippen LogP contribution in [-0.2, 0) is 11.2 Å². The molecule has 0 aromatic heterocycles. The van der Waals surface area contributed by atoms with E-state index in [1.807, 2.05) is 0 Å². The van der Waals surface area contributed by atoms with E-state index >= 15 is 0 Å². The van der Waals surface area contributed by atoms with Crippen LogP contribution >= 0.6 is 0 Å². The van der Waals surface area contributed by atoms with Gasteiger partial charge in [0.05, 0.1) is 12.7 Å². The molecule has 1 aromatic rings. The zero-order valence-corrected chi connectivity index (χ0v) is 9.78. The fourth-order valence-electron chi connectivity index (χ4n) is 2.04. The summed E-state index contributed by atoms with van der Waals surface area (Å²) in [5, 5.41) is 3.39. The lowest BCUT2D eigenvalue weighted by atomic mass is 9.97. The molecule has 16 heavy (non-hydrogen) atoms. The van der Waals surface area contributed by atoms with Crippen LogP contribution in [0.5, 0.6) is 0 Å². The maximum atomic E-state index is 5.80. The zero-order chi connectivity index (χ0) is 11.4. The molecule has 0 fully saturated rings. The van der Waals surface area contributed by atoms with E-state index < -0.39 is 0 Å². The van der Waals surface area contributed by atoms with Crippen molar-refractivity contribution in [2.75, 3.05) is 19.7 Å². The molecule has 1 heterocycles. The minimum atomic E-state index is 0.180. The van der Waals surface area contributed by atoms with Gasteiger partial charge in [-0.05, 0) is 24.5 Å². The van der Waals surface area contributed by atoms with Crippen LogP contribution in [0.2, 0.25) is 0 Å². The van der Waals surface area contributed by atoms with Crippen LogP contribution in [0.3, 0.4) is 0 Å². The van der Waals surface area contributed by atoms with E-state index in [-0.39, 0.29) is 6.10 Å². The summed E-state index contributed by atoms with van der Waals surface area (Å²) in [6, 6.07) is 8.87. The molecule has 88 valence electrons. The lowest BCUT2D eigenvalue weighted by Crippen LogP contribution is -2.37. The van der Waals surface area contributed by atoms with Gasteiger partial charge in [-0.1, -0.05) is 24.3 Å². The standard InChI is InChI=1S/C13H20N2O/c1-10(8-14)15-9-13-12-5-3-2-4-11(12)6-7-16-13/h2-5,10,13,15H,6-9,14H2,1H3/t10-,13?/m0/s1. The van der Waals surface area contributed by atoms with Crippen LogP contribution in [-0.4, -0.2) is 25.7 Å². The van der Waals surface area contributed by atoms with E-state index in [0.29, 0.717) is 12.6 Å². The Balaban J connectivity index is 2.01. The molecular weight excluding hydrogens is 200 g/mol. The first kappa shape index (κ1) is 11.6. The Kier molecular flexibility index (Phi) is 3.93. The van der Waals surface area contributed by atoms with Gasteiger partial charge in [0.1, 0.15) is 0 Å². The Hall–Kier alpha value is -0.900. The fraction of sp³-hybridized carbons (Fsp3) is 0.538. The van der Waals surface area contributed by atoms with Crippen molar-refractivity contribution in [3.05, 3.63) is 35.4 Å². The Morgan fingerprint density at radius 3 is 3.12 bits per heavy atom. The van der Waals surface area contributed by atoms with Crippen LogP contribution in [0.15, 0.2) is 24.3 Å². The summed E-state index contributed by atoms with van der Waals surface area (Å²) >= 11 is 0. The highest BCUT2D eigenvalue weighted by molar-refractivity contribution is 5.31. The average Bonchev–Trinajstić information content (AvgIpc) is 2.35. The summed E-state index contributed by atoms with van der Waals surface area (Å²) in [6.45, 7) is 4.42. The Morgan fingerprint density at radius 2 is 2.31 bits per heavy atom. The van der Waals surface area contributed by atoms with Gasteiger partial charge in [-0.25, -0.2) is 0 Å². The van der Waals surface area contributed by atoms with Crippen molar-refractivity contribution in [2.24, 2.45) is 5.73 Å². The molecule has 1 unspecified atom stereocenters. The maximum Gasteiger partial charge on any atom is 0.0952 e. The van der Waals surface area contributed by atoms with E-state index in [0.717, 1.165) is 19.6 Å². The number of ether oxygens (including phenoxy) is 1. The number of hydrogen-bond acceptors (Lipinski definition) is 3. The molecule has 0 radical (unpaired) electrons. The lowest BCUT2D eigenvalue weighted by Gasteiger charge is -2.27. The lowest BCUT2D eigenvalue weighted by molar-refractivity contribution is 0.0411. The monoisotopic (exact) mass is 220 g/mol. The van der Waals surface area contributed by atoms with E-state index in [1.165, 1.54) is 11.1 Å². The summed E-state index contributed by atoms with van der Waals surface area (Å²) < 4.78 is 5.80. The first-order valence-electron chi connectivity index (χ1n) is 5.94. The van der Waals surface area contributed by atoms with Crippen molar-refractivity contribution in [1.82, 2.24) is 5.32 Å². The molecule has 0 bridgehead atoms. The van der Waals surface area contributed by atoms with Crippen LogP contribution in [0.25, 0.3) is 0 Å². The minimum absolute atomic E-state index is 0.180. The Bertz CT molecular complexity index is 340. The number of hydrogen-bond donors (Lipinski definition) is 2. The van der Waals surface area contributed by atoms with Gasteiger partial charge in [0.25, 0.3) is 0 Å². The molecule has 3 heteroatoms. The SMILES string of the molecule is C[C@@H](CN)NCC1OCCc2ccccc21. The van der Waals surface area contributed by atoms with E-state index in [9.17, 15) is 0 Å². The van der Waals surface area contributed by atoms with E-state index in [2.05, 4.69) is 36.5 Å². The second kappa shape index (κ2) is 5.43. The predicted molar refractivity (Wildman–Crippen MR) is 65.4 cm³/mol. The van der Waals surface area contributed by atoms with Crippen molar-refractivity contribution >= 4 is 0 Å². The summed E-state index contributed by atoms with van der Waals surface area (Å²) in [7, 11) is 0. The average molecular weight is 220 g/mol. The van der Waals surface area contributed by atoms with Gasteiger partial charge in [0.2, 0.25) is 0 Å². The second-order valence-electron chi connectivity index (χ2n) is 4.35. The third kappa shape index (κ3) is 2.61. The molecule has 2 rings (SSSR count). The molecule has 3 nitrogen and oxygen atoms in total. The van der Waals surface area contributed by atoms with Crippen molar-refractivity contribution in [3.8, 4) is 0 Å². The smallest absolute Gasteiger partial charge is 0.0952 e. The van der Waals surface area contributed by atoms with Crippen LogP contribution in [0.4, 0.5) is 0 Å². The van der Waals surface area contributed by atoms with Gasteiger partial charge in [-0.2, -0.15) is 0 Å². The first-order chi connectivity index (χ1) is 7.81. The third-order valence-electron chi connectivity index (χ3n) is 3.10. The molecule has 0 saturated carbocycles. The number of fused-ring (bicyclic) bond motifs is 1. The number of nitrogens with one attached hydrogen (secondary N) is 1. The van der Waals surface area contributed by atoms with E-state index in [4.69, 9.17) is 10.5 Å². The summed E-state index contributed by atoms with van der Waals surface area (Å²) in [5.41, 5.74) is 8.32. The summed E-state index contributed by atoms with van der Waals surface area (Å²) in [4.78, 5) is 0. The summed E-state index contributed by atoms with van der Waals surface area (Å²) in [5.74, 6) is 0. The maximum absolute atomic E-state index is 5.80. The van der Waals surface area contributed by atoms with Crippen molar-refractivity contribution < 1.29 is 4.74 Å². The number of benzene rings is 1. The van der Waals surface area contributed by atoms with Gasteiger partial charge < -0.3 is 15.8 Å². The molecule has 1 aliphatic rings. The Labute approximate surface area is 97.0 Å². The minimum Gasteiger partial charge on any atom is -0.372 e. The molecule has 1 aliphatic heterocycles. The largest absolute Gasteiger partial charge is 0.372 e. The number of rotatable bonds is 4. The van der Waals surface area contributed by atoms with Crippen molar-refractivity contribution in [1.29, 1.82) is 0 Å². The topological polar surface area (TPSA) is 47.3 Å². The quantitative estimate of drug-likeness (QED) is 0.802. The zero-order valence-electron chi connectivity index (χ0n) is 9.78. The third-order valence-corrected chi connectivity index (χ3v) is 3.10. The van der Waals surface area contributed by atoms with Crippen LogP contribution < -0.4 is 11.1 Å². The molecule has 1 aromatic carbocycles. The van der Waals surface area contributed by atoms with Crippen molar-refractivity contribution in [2.45, 2.75) is 25.5 Å². The highest BCUT2D eigenvalue weighted by Crippen LogP contribution is 2.26. The molecule has 0 saturated heterocycles. The van der Waals surface area contributed by atoms with Gasteiger partial charge in [0.15, 0.2) is 0 Å². The van der Waals surface area contributed by atoms with E-state index in [1.54, 1.807) is 0 Å². The molecule has 0 aliphatic carbocycles. The molecule has 3 N–H and O–H groups in total. The first-order valence-corrected chi connectivity index (χ1v) is 5.94. The van der Waals surface area contributed by atoms with Gasteiger partial charge >= 0.3 is 0 Å². The molecular formula is C13H20N2O.